The molecule has 5 nitrogen and oxygen atoms in total. The van der Waals surface area contributed by atoms with E-state index >= 15 is 0 Å². The number of halogens is 1. The van der Waals surface area contributed by atoms with Gasteiger partial charge in [0.2, 0.25) is 11.7 Å². The lowest BCUT2D eigenvalue weighted by atomic mass is 10.0. The van der Waals surface area contributed by atoms with Gasteiger partial charge >= 0.3 is 0 Å². The Bertz CT molecular complexity index is 571. The van der Waals surface area contributed by atoms with Crippen LogP contribution in [-0.2, 0) is 0 Å². The van der Waals surface area contributed by atoms with Crippen LogP contribution in [0.5, 0.6) is 0 Å². The summed E-state index contributed by atoms with van der Waals surface area (Å²) in [6, 6.07) is 4.22. The Morgan fingerprint density at radius 1 is 1.42 bits per heavy atom. The summed E-state index contributed by atoms with van der Waals surface area (Å²) in [6.45, 7) is 0. The van der Waals surface area contributed by atoms with Crippen molar-refractivity contribution < 1.29 is 4.52 Å². The summed E-state index contributed by atoms with van der Waals surface area (Å²) >= 11 is 3.45. The predicted octanol–water partition coefficient (Wildman–Crippen LogP) is 2.75. The molecule has 1 N–H and O–H groups in total. The van der Waals surface area contributed by atoms with E-state index in [1.54, 1.807) is 6.20 Å². The van der Waals surface area contributed by atoms with Crippen LogP contribution >= 0.6 is 15.9 Å². The van der Waals surface area contributed by atoms with E-state index in [2.05, 4.69) is 36.4 Å². The molecule has 3 rings (SSSR count). The molecule has 0 aliphatic heterocycles. The van der Waals surface area contributed by atoms with Gasteiger partial charge in [0.25, 0.3) is 0 Å². The highest BCUT2D eigenvalue weighted by Crippen LogP contribution is 2.34. The number of rotatable bonds is 3. The summed E-state index contributed by atoms with van der Waals surface area (Å²) in [7, 11) is 1.98. The van der Waals surface area contributed by atoms with Crippen molar-refractivity contribution in [1.29, 1.82) is 0 Å². The van der Waals surface area contributed by atoms with Gasteiger partial charge in [-0.2, -0.15) is 4.98 Å². The van der Waals surface area contributed by atoms with Crippen LogP contribution in [0.25, 0.3) is 11.5 Å². The molecule has 1 fully saturated rings. The van der Waals surface area contributed by atoms with Crippen LogP contribution in [0, 0.1) is 0 Å². The van der Waals surface area contributed by atoms with Gasteiger partial charge < -0.3 is 9.84 Å². The third-order valence-electron chi connectivity index (χ3n) is 3.62. The summed E-state index contributed by atoms with van der Waals surface area (Å²) in [4.78, 5) is 8.79. The zero-order valence-corrected chi connectivity index (χ0v) is 12.2. The molecule has 0 bridgehead atoms. The van der Waals surface area contributed by atoms with Crippen LogP contribution in [0.3, 0.4) is 0 Å². The van der Waals surface area contributed by atoms with Gasteiger partial charge in [-0.05, 0) is 48.0 Å². The van der Waals surface area contributed by atoms with Crippen LogP contribution in [0.4, 0.5) is 0 Å². The first-order chi connectivity index (χ1) is 9.29. The second-order valence-corrected chi connectivity index (χ2v) is 5.58. The van der Waals surface area contributed by atoms with E-state index < -0.39 is 0 Å². The average molecular weight is 323 g/mol. The number of nitrogens with zero attached hydrogens (tertiary/aromatic N) is 3. The summed E-state index contributed by atoms with van der Waals surface area (Å²) in [5.41, 5.74) is 0.719. The first-order valence-corrected chi connectivity index (χ1v) is 7.20. The minimum atomic E-state index is 0.314. The second-order valence-electron chi connectivity index (χ2n) is 4.72. The molecule has 2 aromatic heterocycles. The maximum absolute atomic E-state index is 5.43. The molecule has 0 saturated heterocycles. The highest BCUT2D eigenvalue weighted by molar-refractivity contribution is 9.10. The molecule has 0 aromatic carbocycles. The Hall–Kier alpha value is -1.27. The number of nitrogens with one attached hydrogen (secondary N) is 1. The molecular formula is C13H15BrN4O. The minimum Gasteiger partial charge on any atom is -0.339 e. The van der Waals surface area contributed by atoms with Gasteiger partial charge in [0, 0.05) is 16.7 Å². The van der Waals surface area contributed by atoms with Crippen LogP contribution in [0.1, 0.15) is 31.1 Å². The van der Waals surface area contributed by atoms with Crippen LogP contribution < -0.4 is 5.32 Å². The largest absolute Gasteiger partial charge is 0.339 e. The molecule has 0 amide bonds. The van der Waals surface area contributed by atoms with Crippen molar-refractivity contribution in [2.45, 2.75) is 31.2 Å². The molecule has 2 heterocycles. The summed E-state index contributed by atoms with van der Waals surface area (Å²) in [5.74, 6) is 1.57. The normalized spacial score (nSPS) is 22.8. The molecule has 0 spiro atoms. The lowest BCUT2D eigenvalue weighted by Gasteiger charge is -2.14. The summed E-state index contributed by atoms with van der Waals surface area (Å²) in [6.07, 6.45) is 5.17. The van der Waals surface area contributed by atoms with Gasteiger partial charge in [-0.25, -0.2) is 0 Å². The van der Waals surface area contributed by atoms with Crippen molar-refractivity contribution >= 4 is 15.9 Å². The van der Waals surface area contributed by atoms with Gasteiger partial charge in [0.1, 0.15) is 5.69 Å². The third-order valence-corrected chi connectivity index (χ3v) is 4.26. The van der Waals surface area contributed by atoms with E-state index in [0.717, 1.165) is 23.0 Å². The highest BCUT2D eigenvalue weighted by Gasteiger charge is 2.32. The highest BCUT2D eigenvalue weighted by atomic mass is 79.9. The van der Waals surface area contributed by atoms with Crippen LogP contribution in [0.2, 0.25) is 0 Å². The van der Waals surface area contributed by atoms with Crippen molar-refractivity contribution in [3.63, 3.8) is 0 Å². The predicted molar refractivity (Wildman–Crippen MR) is 74.7 cm³/mol. The van der Waals surface area contributed by atoms with Crippen molar-refractivity contribution in [3.8, 4) is 11.5 Å². The van der Waals surface area contributed by atoms with E-state index in [9.17, 15) is 0 Å². The van der Waals surface area contributed by atoms with Crippen molar-refractivity contribution in [2.75, 3.05) is 7.05 Å². The molecular weight excluding hydrogens is 308 g/mol. The molecule has 2 atom stereocenters. The number of likely N-dealkylation sites (N-methyl/N-ethyl adjacent to an activating group) is 1. The Morgan fingerprint density at radius 2 is 2.32 bits per heavy atom. The van der Waals surface area contributed by atoms with E-state index in [1.807, 2.05) is 19.2 Å². The average Bonchev–Trinajstić information content (AvgIpc) is 3.07. The van der Waals surface area contributed by atoms with Crippen LogP contribution in [-0.4, -0.2) is 28.2 Å². The topological polar surface area (TPSA) is 63.8 Å². The van der Waals surface area contributed by atoms with Crippen molar-refractivity contribution in [2.24, 2.45) is 0 Å². The molecule has 1 saturated carbocycles. The maximum atomic E-state index is 5.43. The molecule has 19 heavy (non-hydrogen) atoms. The number of aromatic nitrogens is 3. The monoisotopic (exact) mass is 322 g/mol. The summed E-state index contributed by atoms with van der Waals surface area (Å²) in [5, 5.41) is 7.37. The van der Waals surface area contributed by atoms with Crippen molar-refractivity contribution in [3.05, 3.63) is 28.7 Å². The van der Waals surface area contributed by atoms with E-state index in [1.165, 1.54) is 6.42 Å². The first kappa shape index (κ1) is 12.7. The molecule has 1 aliphatic rings. The zero-order chi connectivity index (χ0) is 13.2. The smallest absolute Gasteiger partial charge is 0.231 e. The first-order valence-electron chi connectivity index (χ1n) is 6.41. The Kier molecular flexibility index (Phi) is 3.61. The van der Waals surface area contributed by atoms with E-state index in [0.29, 0.717) is 23.7 Å². The third kappa shape index (κ3) is 2.42. The zero-order valence-electron chi connectivity index (χ0n) is 10.6. The fourth-order valence-corrected chi connectivity index (χ4v) is 3.07. The van der Waals surface area contributed by atoms with E-state index in [-0.39, 0.29) is 0 Å². The lowest BCUT2D eigenvalue weighted by molar-refractivity contribution is 0.335. The van der Waals surface area contributed by atoms with Crippen molar-refractivity contribution in [1.82, 2.24) is 20.4 Å². The molecule has 0 radical (unpaired) electrons. The van der Waals surface area contributed by atoms with Gasteiger partial charge in [0.05, 0.1) is 5.92 Å². The Balaban J connectivity index is 1.90. The molecule has 6 heteroatoms. The van der Waals surface area contributed by atoms with Crippen LogP contribution in [0.15, 0.2) is 27.3 Å². The van der Waals surface area contributed by atoms with Gasteiger partial charge in [-0.15, -0.1) is 0 Å². The number of pyridine rings is 1. The number of hydrogen-bond acceptors (Lipinski definition) is 5. The molecule has 2 aromatic rings. The molecule has 100 valence electrons. The maximum Gasteiger partial charge on any atom is 0.231 e. The lowest BCUT2D eigenvalue weighted by Crippen LogP contribution is -2.27. The Labute approximate surface area is 119 Å². The fourth-order valence-electron chi connectivity index (χ4n) is 2.63. The minimum absolute atomic E-state index is 0.314. The SMILES string of the molecule is CNC1CCCC1c1nc(-c2ncccc2Br)no1. The Morgan fingerprint density at radius 3 is 3.11 bits per heavy atom. The number of hydrogen-bond donors (Lipinski definition) is 1. The van der Waals surface area contributed by atoms with Gasteiger partial charge in [-0.3, -0.25) is 4.98 Å². The van der Waals surface area contributed by atoms with E-state index in [4.69, 9.17) is 4.52 Å². The molecule has 2 unspecified atom stereocenters. The standard InChI is InChI=1S/C13H15BrN4O/c1-15-10-6-2-4-8(10)13-17-12(18-19-13)11-9(14)5-3-7-16-11/h3,5,7-8,10,15H,2,4,6H2,1H3. The summed E-state index contributed by atoms with van der Waals surface area (Å²) < 4.78 is 6.30. The van der Waals surface area contributed by atoms with Gasteiger partial charge in [0.15, 0.2) is 0 Å². The molecule has 1 aliphatic carbocycles. The quantitative estimate of drug-likeness (QED) is 0.941. The van der Waals surface area contributed by atoms with Gasteiger partial charge in [-0.1, -0.05) is 11.6 Å². The second kappa shape index (κ2) is 5.38. The fraction of sp³-hybridized carbons (Fsp3) is 0.462.